The summed E-state index contributed by atoms with van der Waals surface area (Å²) in [4.78, 5) is 55.3. The molecule has 13 heteroatoms. The summed E-state index contributed by atoms with van der Waals surface area (Å²) in [5, 5.41) is 5.42. The van der Waals surface area contributed by atoms with Crippen molar-refractivity contribution in [1.82, 2.24) is 20.4 Å². The molecule has 2 aliphatic heterocycles. The first-order valence-corrected chi connectivity index (χ1v) is 18.4. The number of Topliss-reactive ketones (excluding diaryl/α,β-unsaturated/α-hetero) is 1. The highest BCUT2D eigenvalue weighted by Crippen LogP contribution is 2.36. The molecule has 3 amide bonds. The standard InChI is InChI=1S/C36H53ClF2N4O6/c1-48-35(47)41-16-21-49-32(27-12-8-14-30(37)23-27)28-13-9-19-43(25-28)31(44)24-29(22-26-10-4-2-5-11-26)33(45)36(38,39)34(46)40-15-20-42-17-6-3-7-18-42/h8,12,14,23,26,28-29,32H,2-7,9-11,13,15-22,24-25H2,1H3,(H,40,46)(H,41,47). The lowest BCUT2D eigenvalue weighted by Crippen LogP contribution is -2.51. The summed E-state index contributed by atoms with van der Waals surface area (Å²) in [5.74, 6) is -9.00. The Kier molecular flexibility index (Phi) is 15.5. The van der Waals surface area contributed by atoms with E-state index in [0.717, 1.165) is 76.4 Å². The van der Waals surface area contributed by atoms with E-state index in [1.54, 1.807) is 17.0 Å². The molecule has 3 fully saturated rings. The van der Waals surface area contributed by atoms with Crippen LogP contribution in [0.1, 0.15) is 88.7 Å². The van der Waals surface area contributed by atoms with Crippen LogP contribution in [0.15, 0.2) is 24.3 Å². The van der Waals surface area contributed by atoms with Gasteiger partial charge in [0.2, 0.25) is 11.7 Å². The summed E-state index contributed by atoms with van der Waals surface area (Å²) in [7, 11) is 1.28. The van der Waals surface area contributed by atoms with E-state index in [-0.39, 0.29) is 50.3 Å². The average Bonchev–Trinajstić information content (AvgIpc) is 3.11. The molecule has 2 heterocycles. The van der Waals surface area contributed by atoms with Gasteiger partial charge in [0.25, 0.3) is 5.91 Å². The fourth-order valence-electron chi connectivity index (χ4n) is 7.52. The third kappa shape index (κ3) is 11.9. The van der Waals surface area contributed by atoms with Gasteiger partial charge in [-0.25, -0.2) is 4.79 Å². The number of halogens is 3. The van der Waals surface area contributed by atoms with Crippen molar-refractivity contribution in [3.05, 3.63) is 34.9 Å². The summed E-state index contributed by atoms with van der Waals surface area (Å²) in [5.41, 5.74) is 0.821. The molecule has 0 aromatic heterocycles. The van der Waals surface area contributed by atoms with E-state index in [0.29, 0.717) is 31.1 Å². The number of hydrogen-bond acceptors (Lipinski definition) is 7. The van der Waals surface area contributed by atoms with Gasteiger partial charge < -0.3 is 29.9 Å². The van der Waals surface area contributed by atoms with Gasteiger partial charge in [-0.3, -0.25) is 14.4 Å². The molecule has 3 unspecified atom stereocenters. The zero-order chi connectivity index (χ0) is 35.2. The fourth-order valence-corrected chi connectivity index (χ4v) is 7.72. The topological polar surface area (TPSA) is 117 Å². The summed E-state index contributed by atoms with van der Waals surface area (Å²) in [6, 6.07) is 7.27. The zero-order valence-electron chi connectivity index (χ0n) is 28.7. The van der Waals surface area contributed by atoms with Gasteiger partial charge in [-0.2, -0.15) is 8.78 Å². The normalized spacial score (nSPS) is 20.7. The van der Waals surface area contributed by atoms with Crippen LogP contribution in [0, 0.1) is 17.8 Å². The number of benzene rings is 1. The van der Waals surface area contributed by atoms with Gasteiger partial charge in [-0.05, 0) is 68.8 Å². The van der Waals surface area contributed by atoms with Crippen molar-refractivity contribution in [2.45, 2.75) is 89.1 Å². The number of likely N-dealkylation sites (tertiary alicyclic amines) is 2. The number of nitrogens with one attached hydrogen (secondary N) is 2. The number of alkyl carbamates (subject to hydrolysis) is 1. The highest BCUT2D eigenvalue weighted by molar-refractivity contribution is 6.30. The molecule has 0 spiro atoms. The number of ether oxygens (including phenoxy) is 2. The van der Waals surface area contributed by atoms with Gasteiger partial charge >= 0.3 is 12.0 Å². The molecular formula is C36H53ClF2N4O6. The maximum Gasteiger partial charge on any atom is 0.406 e. The summed E-state index contributed by atoms with van der Waals surface area (Å²) in [6.45, 7) is 3.36. The fraction of sp³-hybridized carbons (Fsp3) is 0.722. The van der Waals surface area contributed by atoms with Crippen molar-refractivity contribution < 1.29 is 37.4 Å². The van der Waals surface area contributed by atoms with E-state index in [2.05, 4.69) is 20.3 Å². The number of carbonyl (C=O) groups excluding carboxylic acids is 4. The first kappa shape index (κ1) is 39.0. The predicted molar refractivity (Wildman–Crippen MR) is 182 cm³/mol. The molecule has 0 bridgehead atoms. The third-order valence-corrected chi connectivity index (χ3v) is 10.4. The van der Waals surface area contributed by atoms with Gasteiger partial charge in [0, 0.05) is 56.0 Å². The smallest absolute Gasteiger partial charge is 0.406 e. The Hall–Kier alpha value is -2.83. The Morgan fingerprint density at radius 1 is 0.959 bits per heavy atom. The minimum Gasteiger partial charge on any atom is -0.453 e. The monoisotopic (exact) mass is 710 g/mol. The number of rotatable bonds is 16. The number of alkyl halides is 2. The minimum absolute atomic E-state index is 0.0394. The lowest BCUT2D eigenvalue weighted by Gasteiger charge is -2.38. The molecule has 10 nitrogen and oxygen atoms in total. The number of carbonyl (C=O) groups is 4. The van der Waals surface area contributed by atoms with Gasteiger partial charge in [0.05, 0.1) is 19.8 Å². The second kappa shape index (κ2) is 19.5. The molecule has 0 radical (unpaired) electrons. The van der Waals surface area contributed by atoms with Gasteiger partial charge in [-0.15, -0.1) is 0 Å². The van der Waals surface area contributed by atoms with Crippen LogP contribution in [0.25, 0.3) is 0 Å². The molecular weight excluding hydrogens is 658 g/mol. The maximum absolute atomic E-state index is 15.5. The third-order valence-electron chi connectivity index (χ3n) is 10.2. The average molecular weight is 711 g/mol. The number of piperidine rings is 2. The van der Waals surface area contributed by atoms with Crippen molar-refractivity contribution in [1.29, 1.82) is 0 Å². The van der Waals surface area contributed by atoms with E-state index in [1.165, 1.54) is 7.11 Å². The lowest BCUT2D eigenvalue weighted by atomic mass is 9.79. The Morgan fingerprint density at radius 3 is 2.41 bits per heavy atom. The first-order chi connectivity index (χ1) is 23.6. The van der Waals surface area contributed by atoms with E-state index >= 15 is 8.78 Å². The number of hydrogen-bond donors (Lipinski definition) is 2. The van der Waals surface area contributed by atoms with Crippen LogP contribution in [0.5, 0.6) is 0 Å². The Bertz CT molecular complexity index is 1240. The van der Waals surface area contributed by atoms with Gasteiger partial charge in [0.1, 0.15) is 0 Å². The number of ketones is 1. The second-order valence-electron chi connectivity index (χ2n) is 13.7. The molecule has 2 N–H and O–H groups in total. The molecule has 4 rings (SSSR count). The molecule has 3 atom stereocenters. The van der Waals surface area contributed by atoms with Crippen molar-refractivity contribution in [3.63, 3.8) is 0 Å². The van der Waals surface area contributed by atoms with Crippen LogP contribution in [0.2, 0.25) is 5.02 Å². The quantitative estimate of drug-likeness (QED) is 0.165. The molecule has 2 saturated heterocycles. The Morgan fingerprint density at radius 2 is 1.69 bits per heavy atom. The summed E-state index contributed by atoms with van der Waals surface area (Å²) in [6.07, 6.45) is 8.02. The highest BCUT2D eigenvalue weighted by Gasteiger charge is 2.50. The number of amides is 3. The summed E-state index contributed by atoms with van der Waals surface area (Å²) < 4.78 is 41.9. The molecule has 49 heavy (non-hydrogen) atoms. The molecule has 1 saturated carbocycles. The van der Waals surface area contributed by atoms with E-state index in [1.807, 2.05) is 12.1 Å². The molecule has 1 aromatic rings. The van der Waals surface area contributed by atoms with Crippen LogP contribution < -0.4 is 10.6 Å². The Labute approximate surface area is 293 Å². The van der Waals surface area contributed by atoms with E-state index in [4.69, 9.17) is 16.3 Å². The van der Waals surface area contributed by atoms with Gasteiger partial charge in [-0.1, -0.05) is 62.3 Å². The lowest BCUT2D eigenvalue weighted by molar-refractivity contribution is -0.163. The Balaban J connectivity index is 1.42. The van der Waals surface area contributed by atoms with Crippen molar-refractivity contribution in [3.8, 4) is 0 Å². The SMILES string of the molecule is COC(=O)NCCOC(c1cccc(Cl)c1)C1CCCN(C(=O)CC(CC2CCCCC2)C(=O)C(F)(F)C(=O)NCCN2CCCCC2)C1. The molecule has 274 valence electrons. The number of methoxy groups -OCH3 is 1. The second-order valence-corrected chi connectivity index (χ2v) is 14.2. The molecule has 1 aliphatic carbocycles. The van der Waals surface area contributed by atoms with Crippen molar-refractivity contribution >= 4 is 35.3 Å². The first-order valence-electron chi connectivity index (χ1n) is 18.0. The largest absolute Gasteiger partial charge is 0.453 e. The van der Waals surface area contributed by atoms with Crippen LogP contribution >= 0.6 is 11.6 Å². The van der Waals surface area contributed by atoms with E-state index in [9.17, 15) is 19.2 Å². The molecule has 3 aliphatic rings. The zero-order valence-corrected chi connectivity index (χ0v) is 29.5. The minimum atomic E-state index is -4.23. The highest BCUT2D eigenvalue weighted by atomic mass is 35.5. The van der Waals surface area contributed by atoms with Crippen molar-refractivity contribution in [2.24, 2.45) is 17.8 Å². The van der Waals surface area contributed by atoms with Crippen molar-refractivity contribution in [2.75, 3.05) is 59.5 Å². The van der Waals surface area contributed by atoms with Crippen LogP contribution in [-0.2, 0) is 23.9 Å². The number of nitrogens with zero attached hydrogens (tertiary/aromatic N) is 2. The van der Waals surface area contributed by atoms with Crippen LogP contribution in [0.3, 0.4) is 0 Å². The van der Waals surface area contributed by atoms with Crippen LogP contribution in [-0.4, -0.2) is 98.9 Å². The maximum atomic E-state index is 15.5. The van der Waals surface area contributed by atoms with Crippen LogP contribution in [0.4, 0.5) is 13.6 Å². The van der Waals surface area contributed by atoms with Gasteiger partial charge in [0.15, 0.2) is 0 Å². The molecule has 1 aromatic carbocycles. The summed E-state index contributed by atoms with van der Waals surface area (Å²) >= 11 is 6.30. The predicted octanol–water partition coefficient (Wildman–Crippen LogP) is 5.78. The van der Waals surface area contributed by atoms with E-state index < -0.39 is 35.7 Å².